The number of hydrogen-bond donors (Lipinski definition) is 10. The zero-order valence-electron chi connectivity index (χ0n) is 58.2. The fourth-order valence-corrected chi connectivity index (χ4v) is 16.3. The minimum Gasteiger partial charge on any atom is -0.790 e. The number of carbonyl (C=O) groups excluding carboxylic acids is 6. The summed E-state index contributed by atoms with van der Waals surface area (Å²) in [6.07, 6.45) is -13.3. The van der Waals surface area contributed by atoms with Crippen LogP contribution in [0.15, 0.2) is 37.0 Å². The van der Waals surface area contributed by atoms with E-state index in [0.717, 1.165) is 63.5 Å². The number of carbonyl (C=O) groups is 6. The highest BCUT2D eigenvalue weighted by atomic mass is 32.2. The third kappa shape index (κ3) is 31.3. The lowest BCUT2D eigenvalue weighted by Crippen LogP contribution is -2.46. The Bertz CT molecular complexity index is 4130. The van der Waals surface area contributed by atoms with Gasteiger partial charge < -0.3 is 138 Å². The van der Waals surface area contributed by atoms with Gasteiger partial charge in [0.1, 0.15) is 72.5 Å². The maximum Gasteiger partial charge on any atom is 0.274 e. The number of anilines is 2. The number of hydrogen-bond acceptors (Lipinski definition) is 44. The topological polar surface area (TPSA) is 750 Å². The summed E-state index contributed by atoms with van der Waals surface area (Å²) in [6, 6.07) is 0. The molecule has 4 aromatic heterocycles. The number of imidazole rings is 2. The number of ether oxygens (including phenoxy) is 2. The molecule has 0 radical (unpaired) electrons. The van der Waals surface area contributed by atoms with Crippen molar-refractivity contribution in [2.75, 3.05) is 75.6 Å². The molecular formula is C53H82N14O34P6S2-8. The van der Waals surface area contributed by atoms with Crippen LogP contribution in [0.5, 0.6) is 0 Å². The van der Waals surface area contributed by atoms with Gasteiger partial charge in [-0.15, -0.1) is 0 Å². The first-order chi connectivity index (χ1) is 49.8. The second-order valence-corrected chi connectivity index (χ2v) is 35.6. The van der Waals surface area contributed by atoms with E-state index < -0.39 is 169 Å². The Labute approximate surface area is 629 Å². The molecule has 0 spiro atoms. The van der Waals surface area contributed by atoms with Gasteiger partial charge in [-0.1, -0.05) is 78.1 Å². The van der Waals surface area contributed by atoms with Crippen molar-refractivity contribution in [1.29, 1.82) is 0 Å². The third-order valence-electron chi connectivity index (χ3n) is 14.4. The van der Waals surface area contributed by atoms with Gasteiger partial charge in [0.15, 0.2) is 40.5 Å². The van der Waals surface area contributed by atoms with E-state index in [-0.39, 0.29) is 96.6 Å². The molecule has 12 N–H and O–H groups in total. The third-order valence-corrected chi connectivity index (χ3v) is 22.2. The quantitative estimate of drug-likeness (QED) is 0.0113. The van der Waals surface area contributed by atoms with Crippen molar-refractivity contribution >= 4 is 138 Å². The predicted octanol–water partition coefficient (Wildman–Crippen LogP) is -5.08. The number of fused-ring (bicyclic) bond motifs is 2. The molecule has 2 fully saturated rings. The number of thioether (sulfide) groups is 2. The molecule has 56 heteroatoms. The van der Waals surface area contributed by atoms with E-state index in [2.05, 4.69) is 86.9 Å². The molecule has 14 unspecified atom stereocenters. The number of nitrogens with two attached hydrogens (primary N) is 2. The first-order valence-corrected chi connectivity index (χ1v) is 42.2. The average Bonchev–Trinajstić information content (AvgIpc) is 1.62. The molecule has 48 nitrogen and oxygen atoms in total. The van der Waals surface area contributed by atoms with Crippen molar-refractivity contribution in [2.24, 2.45) is 16.7 Å². The summed E-state index contributed by atoms with van der Waals surface area (Å²) in [4.78, 5) is 191. The zero-order chi connectivity index (χ0) is 81.3. The highest BCUT2D eigenvalue weighted by Crippen LogP contribution is 2.58. The normalized spacial score (nSPS) is 21.8. The van der Waals surface area contributed by atoms with Crippen LogP contribution in [-0.4, -0.2) is 206 Å². The molecule has 0 bridgehead atoms. The summed E-state index contributed by atoms with van der Waals surface area (Å²) >= 11 is 2.10. The number of nitrogens with one attached hydrogen (secondary N) is 4. The van der Waals surface area contributed by atoms with E-state index in [9.17, 15) is 116 Å². The van der Waals surface area contributed by atoms with Crippen LogP contribution >= 0.6 is 70.5 Å². The number of nitrogen functional groups attached to an aromatic ring is 2. The molecule has 14 atom stereocenters. The van der Waals surface area contributed by atoms with Crippen LogP contribution in [0, 0.1) is 16.7 Å². The maximum atomic E-state index is 12.5. The van der Waals surface area contributed by atoms with E-state index in [1.807, 2.05) is 13.8 Å². The van der Waals surface area contributed by atoms with Gasteiger partial charge in [-0.2, -0.15) is 0 Å². The van der Waals surface area contributed by atoms with Crippen molar-refractivity contribution in [1.82, 2.24) is 60.3 Å². The van der Waals surface area contributed by atoms with Crippen LogP contribution in [0.3, 0.4) is 0 Å². The van der Waals surface area contributed by atoms with E-state index in [0.29, 0.717) is 17.9 Å². The summed E-state index contributed by atoms with van der Waals surface area (Å²) in [7, 11) is -35.2. The molecule has 4 amide bonds. The van der Waals surface area contributed by atoms with Gasteiger partial charge in [0.2, 0.25) is 28.7 Å². The molecule has 2 saturated heterocycles. The smallest absolute Gasteiger partial charge is 0.274 e. The molecule has 2 aliphatic heterocycles. The van der Waals surface area contributed by atoms with Crippen molar-refractivity contribution in [2.45, 2.75) is 143 Å². The predicted molar refractivity (Wildman–Crippen MR) is 362 cm³/mol. The average molecular weight is 1710 g/mol. The van der Waals surface area contributed by atoms with Gasteiger partial charge in [0.25, 0.3) is 31.3 Å². The van der Waals surface area contributed by atoms with Crippen LogP contribution in [0.2, 0.25) is 0 Å². The van der Waals surface area contributed by atoms with Gasteiger partial charge in [-0.25, -0.2) is 38.5 Å². The first kappa shape index (κ1) is 96.2. The summed E-state index contributed by atoms with van der Waals surface area (Å²) in [5.74, 6) is -2.20. The second kappa shape index (κ2) is 41.2. The van der Waals surface area contributed by atoms with Crippen LogP contribution < -0.4 is 71.9 Å². The number of nitrogens with zero attached hydrogens (tertiary/aromatic N) is 8. The number of rotatable bonds is 41. The minimum atomic E-state index is -5.91. The Morgan fingerprint density at radius 2 is 0.954 bits per heavy atom. The monoisotopic (exact) mass is 1710 g/mol. The van der Waals surface area contributed by atoms with Crippen molar-refractivity contribution in [3.63, 3.8) is 0 Å². The molecular weight excluding hydrogens is 1630 g/mol. The molecule has 0 aromatic carbocycles. The van der Waals surface area contributed by atoms with Gasteiger partial charge in [-0.3, -0.25) is 56.2 Å². The fraction of sp³-hybridized carbons (Fsp3) is 0.660. The molecule has 6 heterocycles. The molecule has 109 heavy (non-hydrogen) atoms. The lowest BCUT2D eigenvalue weighted by atomic mass is 9.87. The van der Waals surface area contributed by atoms with Crippen molar-refractivity contribution in [3.8, 4) is 0 Å². The number of aliphatic hydroxyl groups is 4. The molecule has 0 saturated carbocycles. The maximum absolute atomic E-state index is 12.5. The van der Waals surface area contributed by atoms with E-state index in [1.54, 1.807) is 13.8 Å². The van der Waals surface area contributed by atoms with E-state index in [4.69, 9.17) is 20.9 Å². The van der Waals surface area contributed by atoms with Crippen molar-refractivity contribution in [3.05, 3.63) is 37.0 Å². The van der Waals surface area contributed by atoms with Gasteiger partial charge in [0, 0.05) is 67.8 Å². The highest BCUT2D eigenvalue weighted by Gasteiger charge is 2.49. The standard InChI is InChI=1S/C26H44N7O17P3S.C26H42N7O17P3S.CH4/c2*1-14(2)9-17(35)54-8-7-28-16(34)5-6-29-24(38)21(37)26(3,4)11-47-53(44,45)50-52(42,43)46-10-15-20(49-51(39,40)41)19(36)25(48-15)33-13-32-18-22(27)30-12-31-23(18)33;/h12-15,19-21,25,36-37H,5-11H2,1-4H3,(H,28,34)(H,29,38)(H,42,43)(H,44,45)(H2,27,30,31)(H2,39,40,41);9,12-13,15,19-21,25,36-37H,5-8,10-11H2,1-4H3,(H,28,34)(H,29,38)(H,42,43)(H,44,45)(H2,27,30,31)(H2,39,40,41);1H4/p-8. The Balaban J connectivity index is 0.000000456. The number of allylic oxidation sites excluding steroid dienone is 1. The summed E-state index contributed by atoms with van der Waals surface area (Å²) < 4.78 is 121. The Morgan fingerprint density at radius 3 is 1.31 bits per heavy atom. The number of phosphoric ester groups is 6. The second-order valence-electron chi connectivity index (χ2n) is 25.2. The molecule has 6 rings (SSSR count). The molecule has 0 aliphatic carbocycles. The lowest BCUT2D eigenvalue weighted by Gasteiger charge is -2.36. The molecule has 2 aliphatic rings. The number of aliphatic hydroxyl groups excluding tert-OH is 4. The van der Waals surface area contributed by atoms with Crippen LogP contribution in [0.1, 0.15) is 94.5 Å². The van der Waals surface area contributed by atoms with Gasteiger partial charge in [-0.05, 0) is 25.8 Å². The Morgan fingerprint density at radius 1 is 0.587 bits per heavy atom. The van der Waals surface area contributed by atoms with Crippen molar-refractivity contribution < 1.29 is 161 Å². The van der Waals surface area contributed by atoms with Gasteiger partial charge >= 0.3 is 0 Å². The SMILES string of the molecule is C.CC(C)=CC(=O)SCCNC(=O)CCNC(=O)C(O)C(C)(C)COP(=O)([O-])OP(=O)([O-])OCC1OC(n2cnc3c(N)ncnc32)C(O)C1OP(=O)([O-])[O-].CC(C)CC(=O)SCCNC(=O)CCNC(=O)C(O)C(C)(C)COP(=O)([O-])OP(=O)([O-])OCC1OC(n2cnc3c(N)ncnc32)C(O)C1OP(=O)([O-])[O-]. The number of aromatic nitrogens is 8. The van der Waals surface area contributed by atoms with Gasteiger partial charge in [0.05, 0.1) is 54.7 Å². The Kier molecular flexibility index (Phi) is 36.4. The summed E-state index contributed by atoms with van der Waals surface area (Å²) in [5.41, 5.74) is 8.97. The molecule has 618 valence electrons. The first-order valence-electron chi connectivity index (χ1n) is 31.4. The van der Waals surface area contributed by atoms with Crippen LogP contribution in [0.4, 0.5) is 11.6 Å². The number of amides is 4. The van der Waals surface area contributed by atoms with E-state index >= 15 is 0 Å². The number of phosphoric acid groups is 6. The Hall–Kier alpha value is -5.14. The highest BCUT2D eigenvalue weighted by molar-refractivity contribution is 8.14. The lowest BCUT2D eigenvalue weighted by molar-refractivity contribution is -0.348. The largest absolute Gasteiger partial charge is 0.790 e. The van der Waals surface area contributed by atoms with Crippen LogP contribution in [0.25, 0.3) is 22.3 Å². The molecule has 4 aromatic rings. The minimum absolute atomic E-state index is 0. The van der Waals surface area contributed by atoms with Crippen LogP contribution in [-0.2, 0) is 101 Å². The summed E-state index contributed by atoms with van der Waals surface area (Å²) in [6.45, 7) is 7.57. The fourth-order valence-electron chi connectivity index (χ4n) is 9.20. The van der Waals surface area contributed by atoms with E-state index in [1.165, 1.54) is 33.8 Å². The zero-order valence-corrected chi connectivity index (χ0v) is 65.2. The summed E-state index contributed by atoms with van der Waals surface area (Å²) in [5, 5.41) is 52.1.